The normalized spacial score (nSPS) is 23.3. The summed E-state index contributed by atoms with van der Waals surface area (Å²) >= 11 is 1.86. The standard InChI is InChI=1S/C23H24N4OS/c1-14-12-19(16(3)27(14)17-7-9-18(28)10-8-17)22-21(20-6-4-5-11-24-20)25-23-26(22)13-15(2)29-23/h4-12,15,21-22,28H,13H2,1-3H3/t15-,21+,22+/m0/s1. The smallest absolute Gasteiger partial charge is 0.160 e. The molecule has 4 heterocycles. The number of pyridine rings is 1. The highest BCUT2D eigenvalue weighted by Crippen LogP contribution is 2.48. The molecule has 6 heteroatoms. The average molecular weight is 405 g/mol. The molecule has 1 N–H and O–H groups in total. The van der Waals surface area contributed by atoms with Crippen LogP contribution >= 0.6 is 11.8 Å². The van der Waals surface area contributed by atoms with Crippen LogP contribution in [0.2, 0.25) is 0 Å². The highest BCUT2D eigenvalue weighted by Gasteiger charge is 2.44. The number of aliphatic imine (C=N–C) groups is 1. The third-order valence-electron chi connectivity index (χ3n) is 5.78. The summed E-state index contributed by atoms with van der Waals surface area (Å²) in [5, 5.41) is 11.3. The van der Waals surface area contributed by atoms with E-state index in [1.807, 2.05) is 42.2 Å². The SMILES string of the molecule is Cc1cc([C@@H]2[C@@H](c3ccccn3)N=C3S[C@@H](C)CN32)c(C)n1-c1ccc(O)cc1. The number of benzene rings is 1. The Hall–Kier alpha value is -2.73. The highest BCUT2D eigenvalue weighted by atomic mass is 32.2. The molecule has 5 rings (SSSR count). The molecule has 0 spiro atoms. The maximum Gasteiger partial charge on any atom is 0.160 e. The maximum absolute atomic E-state index is 9.67. The molecule has 3 aromatic rings. The number of aromatic nitrogens is 2. The van der Waals surface area contributed by atoms with E-state index in [2.05, 4.69) is 47.4 Å². The zero-order valence-corrected chi connectivity index (χ0v) is 17.6. The van der Waals surface area contributed by atoms with Gasteiger partial charge in [0.25, 0.3) is 0 Å². The van der Waals surface area contributed by atoms with Crippen molar-refractivity contribution < 1.29 is 5.11 Å². The third-order valence-corrected chi connectivity index (χ3v) is 6.88. The Morgan fingerprint density at radius 2 is 1.90 bits per heavy atom. The molecule has 1 saturated heterocycles. The first kappa shape index (κ1) is 18.3. The van der Waals surface area contributed by atoms with Crippen LogP contribution in [0.3, 0.4) is 0 Å². The molecule has 5 nitrogen and oxygen atoms in total. The van der Waals surface area contributed by atoms with E-state index in [4.69, 9.17) is 4.99 Å². The first-order valence-electron chi connectivity index (χ1n) is 9.93. The van der Waals surface area contributed by atoms with Crippen molar-refractivity contribution in [1.82, 2.24) is 14.5 Å². The monoisotopic (exact) mass is 404 g/mol. The van der Waals surface area contributed by atoms with Crippen LogP contribution in [0.1, 0.15) is 41.7 Å². The second-order valence-electron chi connectivity index (χ2n) is 7.82. The van der Waals surface area contributed by atoms with Gasteiger partial charge in [-0.25, -0.2) is 0 Å². The first-order chi connectivity index (χ1) is 14.0. The predicted octanol–water partition coefficient (Wildman–Crippen LogP) is 4.78. The van der Waals surface area contributed by atoms with Gasteiger partial charge in [-0.2, -0.15) is 0 Å². The van der Waals surface area contributed by atoms with Gasteiger partial charge in [-0.3, -0.25) is 9.98 Å². The molecule has 1 aromatic carbocycles. The van der Waals surface area contributed by atoms with E-state index in [-0.39, 0.29) is 17.8 Å². The van der Waals surface area contributed by atoms with E-state index in [0.29, 0.717) is 5.25 Å². The van der Waals surface area contributed by atoms with Crippen LogP contribution in [-0.4, -0.2) is 36.5 Å². The molecule has 148 valence electrons. The van der Waals surface area contributed by atoms with Crippen LogP contribution in [0.5, 0.6) is 5.75 Å². The van der Waals surface area contributed by atoms with Crippen molar-refractivity contribution in [3.8, 4) is 11.4 Å². The maximum atomic E-state index is 9.67. The minimum absolute atomic E-state index is 0.0000298. The van der Waals surface area contributed by atoms with Gasteiger partial charge in [0.15, 0.2) is 5.17 Å². The Balaban J connectivity index is 1.62. The van der Waals surface area contributed by atoms with Gasteiger partial charge in [0.2, 0.25) is 0 Å². The van der Waals surface area contributed by atoms with Crippen LogP contribution < -0.4 is 0 Å². The van der Waals surface area contributed by atoms with E-state index in [9.17, 15) is 5.11 Å². The third kappa shape index (κ3) is 3.02. The van der Waals surface area contributed by atoms with Crippen molar-refractivity contribution in [2.45, 2.75) is 38.1 Å². The quantitative estimate of drug-likeness (QED) is 0.682. The lowest BCUT2D eigenvalue weighted by atomic mass is 9.96. The highest BCUT2D eigenvalue weighted by molar-refractivity contribution is 8.14. The fraction of sp³-hybridized carbons (Fsp3) is 0.304. The molecule has 2 aliphatic rings. The van der Waals surface area contributed by atoms with Gasteiger partial charge in [0, 0.05) is 35.1 Å². The van der Waals surface area contributed by atoms with E-state index in [1.54, 1.807) is 12.1 Å². The zero-order valence-electron chi connectivity index (χ0n) is 16.8. The summed E-state index contributed by atoms with van der Waals surface area (Å²) in [5.41, 5.74) is 5.75. The van der Waals surface area contributed by atoms with Gasteiger partial charge in [-0.05, 0) is 61.9 Å². The molecule has 0 amide bonds. The Kier molecular flexibility index (Phi) is 4.39. The van der Waals surface area contributed by atoms with Gasteiger partial charge in [0.1, 0.15) is 11.8 Å². The lowest BCUT2D eigenvalue weighted by molar-refractivity contribution is 0.320. The molecular formula is C23H24N4OS. The van der Waals surface area contributed by atoms with Gasteiger partial charge < -0.3 is 14.6 Å². The molecule has 29 heavy (non-hydrogen) atoms. The van der Waals surface area contributed by atoms with Gasteiger partial charge in [0.05, 0.1) is 11.7 Å². The molecule has 2 aliphatic heterocycles. The Morgan fingerprint density at radius 3 is 2.62 bits per heavy atom. The van der Waals surface area contributed by atoms with E-state index in [1.165, 1.54) is 17.0 Å². The number of aryl methyl sites for hydroxylation is 1. The number of rotatable bonds is 3. The fourth-order valence-electron chi connectivity index (χ4n) is 4.54. The summed E-state index contributed by atoms with van der Waals surface area (Å²) in [4.78, 5) is 12.2. The number of phenolic OH excluding ortho intramolecular Hbond substituents is 1. The molecular weight excluding hydrogens is 380 g/mol. The molecule has 3 atom stereocenters. The second-order valence-corrected chi connectivity index (χ2v) is 9.22. The van der Waals surface area contributed by atoms with E-state index >= 15 is 0 Å². The van der Waals surface area contributed by atoms with Gasteiger partial charge in [-0.1, -0.05) is 24.8 Å². The molecule has 0 unspecified atom stereocenters. The summed E-state index contributed by atoms with van der Waals surface area (Å²) in [6, 6.07) is 15.9. The number of thioether (sulfide) groups is 1. The number of nitrogens with zero attached hydrogens (tertiary/aromatic N) is 4. The number of fused-ring (bicyclic) bond motifs is 1. The molecule has 0 aliphatic carbocycles. The number of aromatic hydroxyl groups is 1. The summed E-state index contributed by atoms with van der Waals surface area (Å²) in [6.07, 6.45) is 1.85. The van der Waals surface area contributed by atoms with Crippen LogP contribution in [0.15, 0.2) is 59.7 Å². The summed E-state index contributed by atoms with van der Waals surface area (Å²) < 4.78 is 2.26. The zero-order chi connectivity index (χ0) is 20.1. The Morgan fingerprint density at radius 1 is 1.10 bits per heavy atom. The number of phenols is 1. The van der Waals surface area contributed by atoms with Crippen LogP contribution in [0.4, 0.5) is 0 Å². The molecule has 2 aromatic heterocycles. The minimum atomic E-state index is -0.0000298. The number of hydrogen-bond acceptors (Lipinski definition) is 5. The number of hydrogen-bond donors (Lipinski definition) is 1. The van der Waals surface area contributed by atoms with Crippen LogP contribution in [0, 0.1) is 13.8 Å². The molecule has 0 saturated carbocycles. The van der Waals surface area contributed by atoms with Crippen molar-refractivity contribution >= 4 is 16.9 Å². The fourth-order valence-corrected chi connectivity index (χ4v) is 5.63. The lowest BCUT2D eigenvalue weighted by Gasteiger charge is -2.27. The predicted molar refractivity (Wildman–Crippen MR) is 118 cm³/mol. The Labute approximate surface area is 175 Å². The van der Waals surface area contributed by atoms with Gasteiger partial charge in [-0.15, -0.1) is 0 Å². The summed E-state index contributed by atoms with van der Waals surface area (Å²) in [5.74, 6) is 0.281. The topological polar surface area (TPSA) is 53.7 Å². The van der Waals surface area contributed by atoms with Crippen LogP contribution in [-0.2, 0) is 0 Å². The largest absolute Gasteiger partial charge is 0.508 e. The molecule has 1 fully saturated rings. The lowest BCUT2D eigenvalue weighted by Crippen LogP contribution is -2.28. The Bertz CT molecular complexity index is 1070. The van der Waals surface area contributed by atoms with E-state index in [0.717, 1.165) is 23.1 Å². The number of amidine groups is 1. The van der Waals surface area contributed by atoms with Crippen molar-refractivity contribution in [2.24, 2.45) is 4.99 Å². The molecule has 0 radical (unpaired) electrons. The van der Waals surface area contributed by atoms with Crippen molar-refractivity contribution in [2.75, 3.05) is 6.54 Å². The van der Waals surface area contributed by atoms with Gasteiger partial charge >= 0.3 is 0 Å². The first-order valence-corrected chi connectivity index (χ1v) is 10.8. The van der Waals surface area contributed by atoms with Crippen molar-refractivity contribution in [3.05, 3.63) is 77.4 Å². The minimum Gasteiger partial charge on any atom is -0.508 e. The second kappa shape index (κ2) is 6.95. The summed E-state index contributed by atoms with van der Waals surface area (Å²) in [6.45, 7) is 7.57. The average Bonchev–Trinajstić information content (AvgIpc) is 3.33. The molecule has 0 bridgehead atoms. The van der Waals surface area contributed by atoms with Crippen molar-refractivity contribution in [3.63, 3.8) is 0 Å². The van der Waals surface area contributed by atoms with Crippen molar-refractivity contribution in [1.29, 1.82) is 0 Å². The van der Waals surface area contributed by atoms with Crippen LogP contribution in [0.25, 0.3) is 5.69 Å². The summed E-state index contributed by atoms with van der Waals surface area (Å²) in [7, 11) is 0. The van der Waals surface area contributed by atoms with E-state index < -0.39 is 0 Å².